The topological polar surface area (TPSA) is 12.0 Å². The normalized spacial score (nSPS) is 28.6. The molecule has 2 unspecified atom stereocenters. The van der Waals surface area contributed by atoms with Crippen LogP contribution in [0.5, 0.6) is 0 Å². The summed E-state index contributed by atoms with van der Waals surface area (Å²) in [5, 5.41) is 3.68. The summed E-state index contributed by atoms with van der Waals surface area (Å²) in [7, 11) is 0. The second-order valence-corrected chi connectivity index (χ2v) is 4.92. The van der Waals surface area contributed by atoms with E-state index in [2.05, 4.69) is 26.1 Å². The van der Waals surface area contributed by atoms with Gasteiger partial charge in [-0.25, -0.2) is 0 Å². The van der Waals surface area contributed by atoms with Crippen molar-refractivity contribution in [3.63, 3.8) is 0 Å². The Labute approximate surface area is 83.3 Å². The minimum Gasteiger partial charge on any atom is -0.314 e. The highest BCUT2D eigenvalue weighted by molar-refractivity contribution is 4.79. The molecule has 1 N–H and O–H groups in total. The molecule has 2 atom stereocenters. The summed E-state index contributed by atoms with van der Waals surface area (Å²) >= 11 is 0. The first-order valence-corrected chi connectivity index (χ1v) is 5.95. The molecule has 1 fully saturated rings. The third-order valence-corrected chi connectivity index (χ3v) is 3.27. The van der Waals surface area contributed by atoms with Crippen molar-refractivity contribution in [2.24, 2.45) is 11.8 Å². The highest BCUT2D eigenvalue weighted by Gasteiger charge is 2.22. The van der Waals surface area contributed by atoms with Crippen LogP contribution in [0.3, 0.4) is 0 Å². The molecule has 0 heterocycles. The van der Waals surface area contributed by atoms with Gasteiger partial charge in [0.25, 0.3) is 0 Å². The van der Waals surface area contributed by atoms with Crippen molar-refractivity contribution in [2.45, 2.75) is 58.9 Å². The van der Waals surface area contributed by atoms with Crippen LogP contribution in [0.4, 0.5) is 0 Å². The predicted octanol–water partition coefficient (Wildman–Crippen LogP) is 3.20. The first-order chi connectivity index (χ1) is 6.22. The van der Waals surface area contributed by atoms with E-state index >= 15 is 0 Å². The maximum atomic E-state index is 3.68. The van der Waals surface area contributed by atoms with E-state index in [1.54, 1.807) is 0 Å². The molecule has 0 aromatic heterocycles. The van der Waals surface area contributed by atoms with Gasteiger partial charge in [0.1, 0.15) is 0 Å². The Balaban J connectivity index is 2.03. The first-order valence-electron chi connectivity index (χ1n) is 5.95. The van der Waals surface area contributed by atoms with Gasteiger partial charge in [0.05, 0.1) is 0 Å². The quantitative estimate of drug-likeness (QED) is 0.690. The molecule has 0 spiro atoms. The smallest absolute Gasteiger partial charge is 0.00698 e. The highest BCUT2D eigenvalue weighted by Crippen LogP contribution is 2.27. The second-order valence-electron chi connectivity index (χ2n) is 4.92. The predicted molar refractivity (Wildman–Crippen MR) is 58.9 cm³/mol. The minimum absolute atomic E-state index is 0.837. The van der Waals surface area contributed by atoms with Crippen LogP contribution in [0.15, 0.2) is 0 Å². The van der Waals surface area contributed by atoms with Gasteiger partial charge in [-0.1, -0.05) is 27.2 Å². The van der Waals surface area contributed by atoms with E-state index in [4.69, 9.17) is 0 Å². The van der Waals surface area contributed by atoms with Crippen LogP contribution in [-0.2, 0) is 0 Å². The Morgan fingerprint density at radius 2 is 2.08 bits per heavy atom. The fourth-order valence-electron chi connectivity index (χ4n) is 2.21. The Kier molecular flexibility index (Phi) is 4.79. The van der Waals surface area contributed by atoms with E-state index in [1.807, 2.05) is 0 Å². The molecule has 0 bridgehead atoms. The zero-order chi connectivity index (χ0) is 9.68. The lowest BCUT2D eigenvalue weighted by atomic mass is 10.1. The Bertz CT molecular complexity index is 131. The molecule has 0 aliphatic heterocycles. The molecule has 0 amide bonds. The van der Waals surface area contributed by atoms with Gasteiger partial charge in [-0.2, -0.15) is 0 Å². The number of nitrogens with one attached hydrogen (secondary N) is 1. The average Bonchev–Trinajstić information content (AvgIpc) is 2.52. The van der Waals surface area contributed by atoms with Gasteiger partial charge >= 0.3 is 0 Å². The van der Waals surface area contributed by atoms with Crippen molar-refractivity contribution >= 4 is 0 Å². The van der Waals surface area contributed by atoms with Crippen LogP contribution in [0.2, 0.25) is 0 Å². The van der Waals surface area contributed by atoms with Crippen molar-refractivity contribution in [1.82, 2.24) is 5.32 Å². The number of hydrogen-bond donors (Lipinski definition) is 1. The molecule has 0 saturated heterocycles. The molecule has 0 radical (unpaired) electrons. The molecule has 1 nitrogen and oxygen atoms in total. The molecule has 1 heteroatoms. The standard InChI is InChI=1S/C12H25N/c1-4-11-5-6-12(9-11)13-8-7-10(2)3/h10-13H,4-9H2,1-3H3. The van der Waals surface area contributed by atoms with Gasteiger partial charge < -0.3 is 5.32 Å². The second kappa shape index (κ2) is 5.64. The van der Waals surface area contributed by atoms with E-state index in [9.17, 15) is 0 Å². The molecule has 1 aliphatic carbocycles. The lowest BCUT2D eigenvalue weighted by molar-refractivity contribution is 0.451. The lowest BCUT2D eigenvalue weighted by Crippen LogP contribution is -2.28. The van der Waals surface area contributed by atoms with E-state index in [0.29, 0.717) is 0 Å². The molecule has 13 heavy (non-hydrogen) atoms. The summed E-state index contributed by atoms with van der Waals surface area (Å²) in [5.41, 5.74) is 0. The van der Waals surface area contributed by atoms with Crippen molar-refractivity contribution in [3.05, 3.63) is 0 Å². The molecule has 1 rings (SSSR count). The van der Waals surface area contributed by atoms with Crippen LogP contribution in [0.25, 0.3) is 0 Å². The molecular weight excluding hydrogens is 158 g/mol. The number of hydrogen-bond acceptors (Lipinski definition) is 1. The molecular formula is C12H25N. The fraction of sp³-hybridized carbons (Fsp3) is 1.00. The monoisotopic (exact) mass is 183 g/mol. The Morgan fingerprint density at radius 3 is 2.62 bits per heavy atom. The van der Waals surface area contributed by atoms with Crippen molar-refractivity contribution in [2.75, 3.05) is 6.54 Å². The van der Waals surface area contributed by atoms with Crippen LogP contribution in [-0.4, -0.2) is 12.6 Å². The zero-order valence-corrected chi connectivity index (χ0v) is 9.47. The minimum atomic E-state index is 0.837. The maximum absolute atomic E-state index is 3.68. The van der Waals surface area contributed by atoms with Gasteiger partial charge in [-0.3, -0.25) is 0 Å². The molecule has 1 saturated carbocycles. The summed E-state index contributed by atoms with van der Waals surface area (Å²) in [6, 6.07) is 0.837. The third-order valence-electron chi connectivity index (χ3n) is 3.27. The lowest BCUT2D eigenvalue weighted by Gasteiger charge is -2.13. The summed E-state index contributed by atoms with van der Waals surface area (Å²) in [4.78, 5) is 0. The summed E-state index contributed by atoms with van der Waals surface area (Å²) < 4.78 is 0. The van der Waals surface area contributed by atoms with E-state index in [1.165, 1.54) is 38.6 Å². The van der Waals surface area contributed by atoms with Gasteiger partial charge in [0, 0.05) is 6.04 Å². The van der Waals surface area contributed by atoms with E-state index < -0.39 is 0 Å². The van der Waals surface area contributed by atoms with Crippen LogP contribution in [0.1, 0.15) is 52.9 Å². The van der Waals surface area contributed by atoms with Crippen LogP contribution < -0.4 is 5.32 Å². The fourth-order valence-corrected chi connectivity index (χ4v) is 2.21. The molecule has 1 aliphatic rings. The molecule has 0 aromatic carbocycles. The number of rotatable bonds is 5. The van der Waals surface area contributed by atoms with Crippen molar-refractivity contribution in [3.8, 4) is 0 Å². The van der Waals surface area contributed by atoms with Gasteiger partial charge in [0.2, 0.25) is 0 Å². The zero-order valence-electron chi connectivity index (χ0n) is 9.47. The van der Waals surface area contributed by atoms with Gasteiger partial charge in [-0.15, -0.1) is 0 Å². The summed E-state index contributed by atoms with van der Waals surface area (Å²) in [6.45, 7) is 8.14. The largest absolute Gasteiger partial charge is 0.314 e. The maximum Gasteiger partial charge on any atom is 0.00698 e. The first kappa shape index (κ1) is 11.0. The molecule has 0 aromatic rings. The van der Waals surface area contributed by atoms with Crippen LogP contribution in [0, 0.1) is 11.8 Å². The van der Waals surface area contributed by atoms with Crippen molar-refractivity contribution < 1.29 is 0 Å². The van der Waals surface area contributed by atoms with E-state index in [0.717, 1.165) is 17.9 Å². The Morgan fingerprint density at radius 1 is 1.31 bits per heavy atom. The summed E-state index contributed by atoms with van der Waals surface area (Å²) in [5.74, 6) is 1.85. The van der Waals surface area contributed by atoms with Crippen molar-refractivity contribution in [1.29, 1.82) is 0 Å². The third kappa shape index (κ3) is 4.12. The highest BCUT2D eigenvalue weighted by atomic mass is 14.9. The molecule has 78 valence electrons. The Hall–Kier alpha value is -0.0400. The summed E-state index contributed by atoms with van der Waals surface area (Å²) in [6.07, 6.45) is 7.00. The van der Waals surface area contributed by atoms with E-state index in [-0.39, 0.29) is 0 Å². The van der Waals surface area contributed by atoms with Crippen LogP contribution >= 0.6 is 0 Å². The SMILES string of the molecule is CCC1CCC(NCCC(C)C)C1. The average molecular weight is 183 g/mol. The van der Waals surface area contributed by atoms with Gasteiger partial charge in [0.15, 0.2) is 0 Å². The van der Waals surface area contributed by atoms with Gasteiger partial charge in [-0.05, 0) is 44.1 Å².